The number of methoxy groups -OCH3 is 1. The molecular weight excluding hydrogens is 503 g/mol. The van der Waals surface area contributed by atoms with E-state index in [0.29, 0.717) is 16.0 Å². The third-order valence-electron chi connectivity index (χ3n) is 7.64. The molecule has 6 heteroatoms. The molecule has 4 rings (SSSR count). The molecular formula is C31H38Cl2N2O2. The minimum atomic E-state index is -0.716. The van der Waals surface area contributed by atoms with Crippen molar-refractivity contribution in [1.29, 1.82) is 0 Å². The molecule has 0 spiro atoms. The number of nitrogens with one attached hydrogen (secondary N) is 1. The van der Waals surface area contributed by atoms with Gasteiger partial charge in [0, 0.05) is 13.1 Å². The summed E-state index contributed by atoms with van der Waals surface area (Å²) in [6, 6.07) is 24.3. The van der Waals surface area contributed by atoms with Gasteiger partial charge < -0.3 is 20.1 Å². The molecule has 1 aliphatic rings. The van der Waals surface area contributed by atoms with Gasteiger partial charge in [-0.25, -0.2) is 0 Å². The van der Waals surface area contributed by atoms with Gasteiger partial charge in [0.2, 0.25) is 0 Å². The van der Waals surface area contributed by atoms with Gasteiger partial charge in [0.05, 0.1) is 22.8 Å². The Morgan fingerprint density at radius 1 is 0.919 bits per heavy atom. The smallest absolute Gasteiger partial charge is 0.122 e. The number of piperidine rings is 1. The summed E-state index contributed by atoms with van der Waals surface area (Å²) >= 11 is 12.6. The van der Waals surface area contributed by atoms with E-state index in [1.54, 1.807) is 7.11 Å². The molecule has 1 unspecified atom stereocenters. The van der Waals surface area contributed by atoms with Crippen LogP contribution in [0.1, 0.15) is 48.3 Å². The lowest BCUT2D eigenvalue weighted by Gasteiger charge is -2.39. The fourth-order valence-electron chi connectivity index (χ4n) is 5.30. The Balaban J connectivity index is 1.30. The zero-order valence-corrected chi connectivity index (χ0v) is 23.1. The molecule has 0 amide bonds. The van der Waals surface area contributed by atoms with Crippen LogP contribution in [0.2, 0.25) is 10.0 Å². The minimum absolute atomic E-state index is 0.378. The lowest BCUT2D eigenvalue weighted by Crippen LogP contribution is -2.43. The van der Waals surface area contributed by atoms with Crippen LogP contribution in [0, 0.1) is 0 Å². The van der Waals surface area contributed by atoms with E-state index in [0.717, 1.165) is 76.1 Å². The van der Waals surface area contributed by atoms with Crippen molar-refractivity contribution in [2.75, 3.05) is 39.8 Å². The summed E-state index contributed by atoms with van der Waals surface area (Å²) in [5, 5.41) is 16.0. The number of ether oxygens (including phenoxy) is 1. The van der Waals surface area contributed by atoms with Crippen LogP contribution in [0.15, 0.2) is 72.8 Å². The first-order chi connectivity index (χ1) is 18.0. The van der Waals surface area contributed by atoms with Crippen LogP contribution in [0.4, 0.5) is 0 Å². The van der Waals surface area contributed by atoms with Crippen molar-refractivity contribution < 1.29 is 9.84 Å². The summed E-state index contributed by atoms with van der Waals surface area (Å²) < 4.78 is 5.48. The highest BCUT2D eigenvalue weighted by Crippen LogP contribution is 2.34. The maximum absolute atomic E-state index is 11.2. The van der Waals surface area contributed by atoms with Crippen molar-refractivity contribution in [2.24, 2.45) is 0 Å². The van der Waals surface area contributed by atoms with E-state index in [-0.39, 0.29) is 0 Å². The van der Waals surface area contributed by atoms with Gasteiger partial charge in [-0.1, -0.05) is 77.8 Å². The molecule has 198 valence electrons. The zero-order chi connectivity index (χ0) is 26.1. The van der Waals surface area contributed by atoms with Gasteiger partial charge in [-0.15, -0.1) is 0 Å². The molecule has 0 bridgehead atoms. The van der Waals surface area contributed by atoms with E-state index in [9.17, 15) is 5.11 Å². The van der Waals surface area contributed by atoms with Crippen LogP contribution in [0.5, 0.6) is 5.75 Å². The number of hydrogen-bond acceptors (Lipinski definition) is 4. The predicted molar refractivity (Wildman–Crippen MR) is 154 cm³/mol. The maximum Gasteiger partial charge on any atom is 0.122 e. The molecule has 1 heterocycles. The summed E-state index contributed by atoms with van der Waals surface area (Å²) in [7, 11) is 1.72. The van der Waals surface area contributed by atoms with E-state index in [4.69, 9.17) is 27.9 Å². The Hall–Kier alpha value is -2.08. The summed E-state index contributed by atoms with van der Waals surface area (Å²) in [5.74, 6) is 1.32. The summed E-state index contributed by atoms with van der Waals surface area (Å²) in [5.41, 5.74) is 2.77. The van der Waals surface area contributed by atoms with Crippen molar-refractivity contribution in [1.82, 2.24) is 10.2 Å². The molecule has 3 aromatic rings. The summed E-state index contributed by atoms with van der Waals surface area (Å²) in [4.78, 5) is 2.48. The largest absolute Gasteiger partial charge is 0.496 e. The van der Waals surface area contributed by atoms with Crippen molar-refractivity contribution in [2.45, 2.75) is 43.6 Å². The minimum Gasteiger partial charge on any atom is -0.496 e. The highest BCUT2D eigenvalue weighted by Gasteiger charge is 2.33. The molecule has 1 fully saturated rings. The third kappa shape index (κ3) is 7.72. The number of para-hydroxylation sites is 1. The number of likely N-dealkylation sites (tertiary alicyclic amines) is 1. The van der Waals surface area contributed by atoms with Gasteiger partial charge in [0.25, 0.3) is 0 Å². The monoisotopic (exact) mass is 540 g/mol. The second-order valence-electron chi connectivity index (χ2n) is 10.00. The molecule has 1 saturated heterocycles. The molecule has 3 aromatic carbocycles. The maximum atomic E-state index is 11.2. The lowest BCUT2D eigenvalue weighted by atomic mass is 9.84. The topological polar surface area (TPSA) is 44.7 Å². The summed E-state index contributed by atoms with van der Waals surface area (Å²) in [6.07, 6.45) is 4.51. The molecule has 0 aliphatic carbocycles. The predicted octanol–water partition coefficient (Wildman–Crippen LogP) is 6.68. The molecule has 4 nitrogen and oxygen atoms in total. The molecule has 0 saturated carbocycles. The van der Waals surface area contributed by atoms with Crippen LogP contribution in [-0.4, -0.2) is 49.8 Å². The Morgan fingerprint density at radius 2 is 1.65 bits per heavy atom. The molecule has 0 radical (unpaired) electrons. The average molecular weight is 542 g/mol. The van der Waals surface area contributed by atoms with Crippen molar-refractivity contribution in [3.63, 3.8) is 0 Å². The molecule has 2 N–H and O–H groups in total. The zero-order valence-electron chi connectivity index (χ0n) is 21.6. The SMILES string of the molecule is COc1ccccc1CCNCCC(CCN1CCC(O)(c2ccccc2)CC1)c1ccc(Cl)c(Cl)c1. The number of aliphatic hydroxyl groups is 1. The number of hydrogen-bond donors (Lipinski definition) is 2. The second-order valence-corrected chi connectivity index (χ2v) is 10.8. The first kappa shape index (κ1) is 27.9. The normalized spacial score (nSPS) is 16.4. The van der Waals surface area contributed by atoms with E-state index in [2.05, 4.69) is 28.4 Å². The van der Waals surface area contributed by atoms with E-state index < -0.39 is 5.60 Å². The first-order valence-electron chi connectivity index (χ1n) is 13.3. The van der Waals surface area contributed by atoms with Gasteiger partial charge in [-0.3, -0.25) is 0 Å². The molecule has 0 aromatic heterocycles. The van der Waals surface area contributed by atoms with E-state index in [1.165, 1.54) is 11.1 Å². The van der Waals surface area contributed by atoms with Crippen LogP contribution in [0.25, 0.3) is 0 Å². The van der Waals surface area contributed by atoms with Gasteiger partial charge in [-0.05, 0) is 92.5 Å². The van der Waals surface area contributed by atoms with Crippen LogP contribution >= 0.6 is 23.2 Å². The van der Waals surface area contributed by atoms with Crippen LogP contribution < -0.4 is 10.1 Å². The fraction of sp³-hybridized carbons (Fsp3) is 0.419. The van der Waals surface area contributed by atoms with Gasteiger partial charge in [-0.2, -0.15) is 0 Å². The van der Waals surface area contributed by atoms with Crippen molar-refractivity contribution in [3.8, 4) is 5.75 Å². The number of halogens is 2. The highest BCUT2D eigenvalue weighted by molar-refractivity contribution is 6.42. The standard InChI is InChI=1S/C31H38Cl2N2O2/c1-37-30-10-6-5-7-25(30)14-19-34-18-13-24(26-11-12-28(32)29(33)23-26)15-20-35-21-16-31(36,17-22-35)27-8-3-2-4-9-27/h2-12,23-24,34,36H,13-22H2,1H3. The Bertz CT molecular complexity index is 1120. The molecule has 37 heavy (non-hydrogen) atoms. The van der Waals surface area contributed by atoms with Gasteiger partial charge in [0.1, 0.15) is 5.75 Å². The van der Waals surface area contributed by atoms with E-state index in [1.807, 2.05) is 54.6 Å². The van der Waals surface area contributed by atoms with Gasteiger partial charge >= 0.3 is 0 Å². The van der Waals surface area contributed by atoms with E-state index >= 15 is 0 Å². The Kier molecular flexibility index (Phi) is 10.3. The van der Waals surface area contributed by atoms with Crippen molar-refractivity contribution >= 4 is 23.2 Å². The summed E-state index contributed by atoms with van der Waals surface area (Å²) in [6.45, 7) is 4.62. The Morgan fingerprint density at radius 3 is 2.38 bits per heavy atom. The highest BCUT2D eigenvalue weighted by atomic mass is 35.5. The van der Waals surface area contributed by atoms with Crippen molar-refractivity contribution in [3.05, 3.63) is 99.5 Å². The number of rotatable bonds is 12. The third-order valence-corrected chi connectivity index (χ3v) is 8.38. The molecule has 1 atom stereocenters. The van der Waals surface area contributed by atoms with Gasteiger partial charge in [0.15, 0.2) is 0 Å². The van der Waals surface area contributed by atoms with Crippen LogP contribution in [0.3, 0.4) is 0 Å². The van der Waals surface area contributed by atoms with Crippen LogP contribution in [-0.2, 0) is 12.0 Å². The quantitative estimate of drug-likeness (QED) is 0.251. The number of nitrogens with zero attached hydrogens (tertiary/aromatic N) is 1. The number of benzene rings is 3. The first-order valence-corrected chi connectivity index (χ1v) is 14.0. The molecule has 1 aliphatic heterocycles. The fourth-order valence-corrected chi connectivity index (χ4v) is 5.61. The second kappa shape index (κ2) is 13.6. The lowest BCUT2D eigenvalue weighted by molar-refractivity contribution is -0.0263. The average Bonchev–Trinajstić information content (AvgIpc) is 2.93. The Labute approximate surface area is 231 Å².